The van der Waals surface area contributed by atoms with E-state index in [1.165, 1.54) is 20.8 Å². The smallest absolute Gasteiger partial charge is 0.303 e. The molecule has 0 aromatic heterocycles. The molecule has 2 rings (SSSR count). The molecule has 33 heavy (non-hydrogen) atoms. The Morgan fingerprint density at radius 2 is 1.70 bits per heavy atom. The predicted molar refractivity (Wildman–Crippen MR) is 124 cm³/mol. The molecule has 0 aromatic rings. The van der Waals surface area contributed by atoms with E-state index in [4.69, 9.17) is 14.2 Å². The Hall–Kier alpha value is -2.15. The van der Waals surface area contributed by atoms with Gasteiger partial charge in [0, 0.05) is 26.2 Å². The van der Waals surface area contributed by atoms with Crippen LogP contribution in [0.3, 0.4) is 0 Å². The van der Waals surface area contributed by atoms with E-state index in [-0.39, 0.29) is 48.4 Å². The van der Waals surface area contributed by atoms with Gasteiger partial charge in [0.2, 0.25) is 0 Å². The van der Waals surface area contributed by atoms with Crippen LogP contribution in [0, 0.1) is 22.7 Å². The number of hydrogen-bond acceptors (Lipinski definition) is 7. The van der Waals surface area contributed by atoms with E-state index in [0.717, 1.165) is 24.0 Å². The van der Waals surface area contributed by atoms with E-state index >= 15 is 0 Å². The lowest BCUT2D eigenvalue weighted by Gasteiger charge is -2.60. The zero-order valence-corrected chi connectivity index (χ0v) is 20.9. The van der Waals surface area contributed by atoms with Gasteiger partial charge in [-0.05, 0) is 67.9 Å². The van der Waals surface area contributed by atoms with Crippen LogP contribution in [-0.2, 0) is 28.6 Å². The number of esters is 3. The summed E-state index contributed by atoms with van der Waals surface area (Å²) >= 11 is 0. The largest absolute Gasteiger partial charge is 0.465 e. The average molecular weight is 465 g/mol. The highest BCUT2D eigenvalue weighted by Crippen LogP contribution is 2.62. The minimum Gasteiger partial charge on any atom is -0.465 e. The number of allylic oxidation sites excluding steroid dienone is 1. The van der Waals surface area contributed by atoms with E-state index in [1.54, 1.807) is 0 Å². The molecule has 6 atom stereocenters. The van der Waals surface area contributed by atoms with Gasteiger partial charge in [-0.25, -0.2) is 0 Å². The minimum absolute atomic E-state index is 0.00396. The topological polar surface area (TPSA) is 99.1 Å². The first-order valence-electron chi connectivity index (χ1n) is 11.7. The fourth-order valence-electron chi connectivity index (χ4n) is 6.19. The maximum Gasteiger partial charge on any atom is 0.303 e. The van der Waals surface area contributed by atoms with E-state index in [2.05, 4.69) is 20.4 Å². The summed E-state index contributed by atoms with van der Waals surface area (Å²) in [5, 5.41) is 10.9. The van der Waals surface area contributed by atoms with Crippen LogP contribution >= 0.6 is 0 Å². The van der Waals surface area contributed by atoms with Crippen LogP contribution in [0.25, 0.3) is 0 Å². The normalized spacial score (nSPS) is 34.3. The van der Waals surface area contributed by atoms with Crippen molar-refractivity contribution in [2.45, 2.75) is 85.9 Å². The first kappa shape index (κ1) is 27.1. The van der Waals surface area contributed by atoms with Gasteiger partial charge in [0.05, 0.1) is 12.7 Å². The third kappa shape index (κ3) is 6.69. The maximum atomic E-state index is 11.8. The van der Waals surface area contributed by atoms with Gasteiger partial charge in [-0.3, -0.25) is 14.4 Å². The summed E-state index contributed by atoms with van der Waals surface area (Å²) in [6.07, 6.45) is 4.22. The molecule has 0 amide bonds. The van der Waals surface area contributed by atoms with Crippen molar-refractivity contribution in [3.63, 3.8) is 0 Å². The van der Waals surface area contributed by atoms with E-state index in [9.17, 15) is 19.5 Å². The van der Waals surface area contributed by atoms with E-state index in [0.29, 0.717) is 19.3 Å². The van der Waals surface area contributed by atoms with Crippen molar-refractivity contribution in [3.8, 4) is 0 Å². The number of aliphatic hydroxyl groups is 1. The van der Waals surface area contributed by atoms with Crippen molar-refractivity contribution in [3.05, 3.63) is 23.8 Å². The van der Waals surface area contributed by atoms with Crippen LogP contribution in [0.2, 0.25) is 0 Å². The van der Waals surface area contributed by atoms with Crippen LogP contribution in [0.15, 0.2) is 23.8 Å². The highest BCUT2D eigenvalue weighted by atomic mass is 16.5. The number of carbonyl (C=O) groups excluding carboxylic acids is 3. The van der Waals surface area contributed by atoms with Gasteiger partial charge >= 0.3 is 17.9 Å². The summed E-state index contributed by atoms with van der Waals surface area (Å²) in [5.74, 6) is -0.942. The van der Waals surface area contributed by atoms with Gasteiger partial charge in [0.1, 0.15) is 12.7 Å². The molecule has 1 N–H and O–H groups in total. The van der Waals surface area contributed by atoms with Gasteiger partial charge < -0.3 is 19.3 Å². The Kier molecular flexibility index (Phi) is 8.91. The molecule has 7 nitrogen and oxygen atoms in total. The molecule has 2 aliphatic carbocycles. The number of carbonyl (C=O) groups is 3. The highest BCUT2D eigenvalue weighted by Gasteiger charge is 2.59. The fraction of sp³-hybridized carbons (Fsp3) is 0.731. The molecule has 186 valence electrons. The molecule has 0 radical (unpaired) electrons. The van der Waals surface area contributed by atoms with Crippen molar-refractivity contribution in [1.29, 1.82) is 0 Å². The molecule has 0 aliphatic heterocycles. The van der Waals surface area contributed by atoms with Crippen molar-refractivity contribution in [2.24, 2.45) is 22.7 Å². The number of fused-ring (bicyclic) bond motifs is 1. The van der Waals surface area contributed by atoms with E-state index in [1.807, 2.05) is 13.0 Å². The van der Waals surface area contributed by atoms with Crippen molar-refractivity contribution >= 4 is 17.9 Å². The van der Waals surface area contributed by atoms with Crippen molar-refractivity contribution < 1.29 is 33.7 Å². The summed E-state index contributed by atoms with van der Waals surface area (Å²) in [5.41, 5.74) is 1.23. The molecule has 2 saturated carbocycles. The Labute approximate surface area is 197 Å². The minimum atomic E-state index is -0.520. The molecule has 0 saturated heterocycles. The van der Waals surface area contributed by atoms with Crippen molar-refractivity contribution in [2.75, 3.05) is 13.2 Å². The number of hydrogen-bond donors (Lipinski definition) is 1. The second kappa shape index (κ2) is 10.9. The molecule has 7 heteroatoms. The molecule has 0 aromatic carbocycles. The number of aliphatic hydroxyl groups excluding tert-OH is 1. The average Bonchev–Trinajstić information content (AvgIpc) is 2.67. The Morgan fingerprint density at radius 1 is 1.06 bits per heavy atom. The van der Waals surface area contributed by atoms with Crippen LogP contribution in [0.1, 0.15) is 73.6 Å². The van der Waals surface area contributed by atoms with Crippen LogP contribution in [0.5, 0.6) is 0 Å². The fourth-order valence-corrected chi connectivity index (χ4v) is 6.19. The molecule has 2 aliphatic rings. The predicted octanol–water partition coefficient (Wildman–Crippen LogP) is 4.13. The zero-order chi connectivity index (χ0) is 25.0. The molecule has 0 spiro atoms. The molecular formula is C26H40O7. The third-order valence-electron chi connectivity index (χ3n) is 7.58. The summed E-state index contributed by atoms with van der Waals surface area (Å²) in [6.45, 7) is 15.2. The quantitative estimate of drug-likeness (QED) is 0.327. The van der Waals surface area contributed by atoms with Gasteiger partial charge in [-0.1, -0.05) is 26.0 Å². The lowest BCUT2D eigenvalue weighted by Crippen LogP contribution is -2.58. The first-order valence-corrected chi connectivity index (χ1v) is 11.7. The molecule has 0 unspecified atom stereocenters. The molecule has 2 fully saturated rings. The van der Waals surface area contributed by atoms with Crippen molar-refractivity contribution in [1.82, 2.24) is 0 Å². The highest BCUT2D eigenvalue weighted by molar-refractivity contribution is 5.67. The standard InChI is InChI=1S/C26H40O7/c1-16(10-11-31-18(3)27)8-9-22-17(2)23(33-20(5)29)12-24-25(6,15-32-19(4)28)13-21(30)14-26(22,24)7/h10,21-24,30H,2,8-9,11-15H2,1,3-7H3/b16-10-/t21-,22-,23+,24-,25+,26+/m0/s1. The monoisotopic (exact) mass is 464 g/mol. The maximum absolute atomic E-state index is 11.8. The van der Waals surface area contributed by atoms with Crippen LogP contribution < -0.4 is 0 Å². The lowest BCUT2D eigenvalue weighted by atomic mass is 9.45. The van der Waals surface area contributed by atoms with Gasteiger partial charge in [0.25, 0.3) is 0 Å². The third-order valence-corrected chi connectivity index (χ3v) is 7.58. The zero-order valence-electron chi connectivity index (χ0n) is 20.9. The second-order valence-electron chi connectivity index (χ2n) is 10.4. The summed E-state index contributed by atoms with van der Waals surface area (Å²) in [4.78, 5) is 34.4. The second-order valence-corrected chi connectivity index (χ2v) is 10.4. The van der Waals surface area contributed by atoms with Gasteiger partial charge in [-0.15, -0.1) is 0 Å². The summed E-state index contributed by atoms with van der Waals surface area (Å²) < 4.78 is 16.1. The van der Waals surface area contributed by atoms with Gasteiger partial charge in [-0.2, -0.15) is 0 Å². The van der Waals surface area contributed by atoms with Crippen LogP contribution in [-0.4, -0.2) is 48.4 Å². The SMILES string of the molecule is C=C1[C@H](OC(C)=O)C[C@H]2[C@@](C)(COC(C)=O)C[C@H](O)C[C@]2(C)[C@H]1CC/C(C)=C\COC(C)=O. The first-order chi connectivity index (χ1) is 15.3. The lowest BCUT2D eigenvalue weighted by molar-refractivity contribution is -0.174. The summed E-state index contributed by atoms with van der Waals surface area (Å²) in [6, 6.07) is 0. The Bertz CT molecular complexity index is 800. The van der Waals surface area contributed by atoms with Crippen LogP contribution in [0.4, 0.5) is 0 Å². The summed E-state index contributed by atoms with van der Waals surface area (Å²) in [7, 11) is 0. The number of ether oxygens (including phenoxy) is 3. The Morgan fingerprint density at radius 3 is 2.27 bits per heavy atom. The Balaban J connectivity index is 2.35. The number of rotatable bonds is 8. The molecule has 0 bridgehead atoms. The molecule has 0 heterocycles. The molecular weight excluding hydrogens is 424 g/mol. The van der Waals surface area contributed by atoms with E-state index < -0.39 is 17.6 Å². The van der Waals surface area contributed by atoms with Gasteiger partial charge in [0.15, 0.2) is 0 Å².